The largest absolute Gasteiger partial charge is 0.534 e. The molecule has 0 aliphatic rings. The molecule has 0 saturated heterocycles. The van der Waals surface area contributed by atoms with Gasteiger partial charge in [0.1, 0.15) is 5.75 Å². The Morgan fingerprint density at radius 2 is 1.61 bits per heavy atom. The van der Waals surface area contributed by atoms with E-state index in [0.717, 1.165) is 12.1 Å². The summed E-state index contributed by atoms with van der Waals surface area (Å²) < 4.78 is 130. The summed E-state index contributed by atoms with van der Waals surface area (Å²) in [4.78, 5) is 0. The van der Waals surface area contributed by atoms with Crippen molar-refractivity contribution < 1.29 is 47.4 Å². The third-order valence-electron chi connectivity index (χ3n) is 4.07. The average Bonchev–Trinajstić information content (AvgIpc) is 2.58. The highest BCUT2D eigenvalue weighted by Gasteiger charge is 2.51. The van der Waals surface area contributed by atoms with E-state index in [2.05, 4.69) is 10.8 Å². The van der Waals surface area contributed by atoms with Crippen LogP contribution in [0.4, 0.5) is 26.3 Å². The van der Waals surface area contributed by atoms with Crippen molar-refractivity contribution in [2.75, 3.05) is 6.54 Å². The van der Waals surface area contributed by atoms with Crippen molar-refractivity contribution in [2.24, 2.45) is 0 Å². The zero-order chi connectivity index (χ0) is 26.0. The normalized spacial score (nSPS) is 14.2. The van der Waals surface area contributed by atoms with Crippen LogP contribution in [0.2, 0.25) is 19.6 Å². The highest BCUT2D eigenvalue weighted by atomic mass is 32.2. The summed E-state index contributed by atoms with van der Waals surface area (Å²) >= 11 is 0. The van der Waals surface area contributed by atoms with Crippen LogP contribution in [0.1, 0.15) is 12.5 Å². The van der Waals surface area contributed by atoms with E-state index in [9.17, 15) is 43.2 Å². The second-order valence-electron chi connectivity index (χ2n) is 8.02. The molecule has 1 rings (SSSR count). The molecule has 0 aliphatic heterocycles. The maximum Gasteiger partial charge on any atom is 0.534 e. The lowest BCUT2D eigenvalue weighted by Crippen LogP contribution is -2.43. The molecule has 15 heteroatoms. The van der Waals surface area contributed by atoms with Gasteiger partial charge in [0.15, 0.2) is 0 Å². The number of allylic oxidation sites excluding steroid dienone is 2. The fourth-order valence-electron chi connectivity index (χ4n) is 2.51. The first-order valence-corrected chi connectivity index (χ1v) is 15.5. The SMILES string of the molecule is C=C(C)/C=C/CN(Cc1cccc([Si](C)(C)C)c1OS(=O)(=O)C(F)(F)F)S(=O)(=O)C(F)(F)F. The summed E-state index contributed by atoms with van der Waals surface area (Å²) in [6.07, 6.45) is 2.32. The van der Waals surface area contributed by atoms with Gasteiger partial charge in [0.05, 0.1) is 8.07 Å². The van der Waals surface area contributed by atoms with Gasteiger partial charge in [0.2, 0.25) is 0 Å². The molecule has 0 saturated carbocycles. The Balaban J connectivity index is 3.71. The predicted octanol–water partition coefficient (Wildman–Crippen LogP) is 4.24. The van der Waals surface area contributed by atoms with Gasteiger partial charge in [-0.3, -0.25) is 0 Å². The number of nitrogens with zero attached hydrogens (tertiary/aromatic N) is 1. The van der Waals surface area contributed by atoms with Gasteiger partial charge in [0, 0.05) is 18.7 Å². The quantitative estimate of drug-likeness (QED) is 0.154. The van der Waals surface area contributed by atoms with Gasteiger partial charge in [-0.25, -0.2) is 8.42 Å². The van der Waals surface area contributed by atoms with E-state index in [0.29, 0.717) is 5.57 Å². The minimum atomic E-state index is -6.18. The summed E-state index contributed by atoms with van der Waals surface area (Å²) in [6.45, 7) is 8.01. The van der Waals surface area contributed by atoms with Crippen LogP contribution in [0.3, 0.4) is 0 Å². The number of alkyl halides is 6. The molecule has 188 valence electrons. The fourth-order valence-corrected chi connectivity index (χ4v) is 5.47. The van der Waals surface area contributed by atoms with E-state index >= 15 is 0 Å². The van der Waals surface area contributed by atoms with E-state index < -0.39 is 63.6 Å². The summed E-state index contributed by atoms with van der Waals surface area (Å²) in [6, 6.07) is 3.57. The molecular weight excluding hydrogens is 516 g/mol. The molecule has 6 nitrogen and oxygen atoms in total. The summed E-state index contributed by atoms with van der Waals surface area (Å²) in [5, 5.41) is 0.0506. The van der Waals surface area contributed by atoms with Gasteiger partial charge >= 0.3 is 31.2 Å². The molecule has 0 N–H and O–H groups in total. The van der Waals surface area contributed by atoms with Crippen molar-refractivity contribution in [1.29, 1.82) is 0 Å². The molecule has 1 aromatic carbocycles. The van der Waals surface area contributed by atoms with Crippen molar-refractivity contribution in [3.8, 4) is 5.75 Å². The van der Waals surface area contributed by atoms with Crippen LogP contribution in [0.25, 0.3) is 0 Å². The van der Waals surface area contributed by atoms with Crippen molar-refractivity contribution in [1.82, 2.24) is 4.31 Å². The molecule has 0 aliphatic carbocycles. The fraction of sp³-hybridized carbons (Fsp3) is 0.444. The van der Waals surface area contributed by atoms with E-state index in [1.807, 2.05) is 0 Å². The lowest BCUT2D eigenvalue weighted by atomic mass is 10.2. The number of para-hydroxylation sites is 1. The summed E-state index contributed by atoms with van der Waals surface area (Å²) in [7, 11) is -14.7. The monoisotopic (exact) mass is 539 g/mol. The van der Waals surface area contributed by atoms with Crippen LogP contribution >= 0.6 is 0 Å². The first-order valence-electron chi connectivity index (χ1n) is 9.13. The molecule has 0 bridgehead atoms. The zero-order valence-electron chi connectivity index (χ0n) is 18.1. The molecule has 0 spiro atoms. The van der Waals surface area contributed by atoms with E-state index in [4.69, 9.17) is 0 Å². The zero-order valence-corrected chi connectivity index (χ0v) is 20.7. The van der Waals surface area contributed by atoms with Crippen molar-refractivity contribution >= 4 is 33.4 Å². The average molecular weight is 540 g/mol. The molecule has 1 aromatic rings. The lowest BCUT2D eigenvalue weighted by Gasteiger charge is -2.26. The van der Waals surface area contributed by atoms with E-state index in [1.165, 1.54) is 25.1 Å². The Kier molecular flexibility index (Phi) is 8.66. The van der Waals surface area contributed by atoms with Gasteiger partial charge < -0.3 is 4.18 Å². The van der Waals surface area contributed by atoms with Crippen LogP contribution in [0.5, 0.6) is 5.75 Å². The topological polar surface area (TPSA) is 80.8 Å². The number of rotatable bonds is 9. The Labute approximate surface area is 189 Å². The number of benzene rings is 1. The summed E-state index contributed by atoms with van der Waals surface area (Å²) in [5.41, 5.74) is -11.6. The van der Waals surface area contributed by atoms with Crippen LogP contribution in [-0.2, 0) is 26.7 Å². The predicted molar refractivity (Wildman–Crippen MR) is 114 cm³/mol. The van der Waals surface area contributed by atoms with E-state index in [-0.39, 0.29) is 9.49 Å². The van der Waals surface area contributed by atoms with Crippen LogP contribution in [0.15, 0.2) is 42.5 Å². The van der Waals surface area contributed by atoms with Gasteiger partial charge in [-0.2, -0.15) is 39.1 Å². The Bertz CT molecular complexity index is 1120. The molecule has 0 amide bonds. The van der Waals surface area contributed by atoms with Gasteiger partial charge in [-0.1, -0.05) is 62.1 Å². The highest BCUT2D eigenvalue weighted by Crippen LogP contribution is 2.33. The Hall–Kier alpha value is -1.84. The Morgan fingerprint density at radius 3 is 2.03 bits per heavy atom. The minimum absolute atomic E-state index is 0.0389. The third-order valence-corrected chi connectivity index (χ3v) is 8.58. The second kappa shape index (κ2) is 9.80. The standard InChI is InChI=1S/C18H23F6NO5S2Si/c1-13(2)8-7-11-25(31(26,27)17(19,20)21)12-14-9-6-10-15(33(3,4)5)16(14)30-32(28,29)18(22,23)24/h6-10H,1,11-12H2,2-5H3/b8-7+. The van der Waals surface area contributed by atoms with E-state index in [1.54, 1.807) is 19.6 Å². The maximum absolute atomic E-state index is 13.2. The smallest absolute Gasteiger partial charge is 0.376 e. The molecule has 0 heterocycles. The number of hydrogen-bond donors (Lipinski definition) is 0. The second-order valence-corrected chi connectivity index (χ2v) is 16.5. The van der Waals surface area contributed by atoms with Crippen LogP contribution in [-0.4, -0.2) is 46.8 Å². The lowest BCUT2D eigenvalue weighted by molar-refractivity contribution is -0.0500. The molecule has 0 atom stereocenters. The third kappa shape index (κ3) is 7.32. The maximum atomic E-state index is 13.2. The number of halogens is 6. The van der Waals surface area contributed by atoms with Crippen LogP contribution in [0, 0.1) is 0 Å². The summed E-state index contributed by atoms with van der Waals surface area (Å²) in [5.74, 6) is -0.833. The molecule has 0 radical (unpaired) electrons. The van der Waals surface area contributed by atoms with Crippen molar-refractivity contribution in [3.63, 3.8) is 0 Å². The number of sulfonamides is 1. The van der Waals surface area contributed by atoms with Crippen LogP contribution < -0.4 is 9.37 Å². The highest BCUT2D eigenvalue weighted by molar-refractivity contribution is 7.90. The van der Waals surface area contributed by atoms with Gasteiger partial charge in [-0.15, -0.1) is 0 Å². The molecular formula is C18H23F6NO5S2Si. The minimum Gasteiger partial charge on any atom is -0.376 e. The first-order chi connectivity index (χ1) is 14.6. The van der Waals surface area contributed by atoms with Crippen molar-refractivity contribution in [2.45, 2.75) is 44.1 Å². The van der Waals surface area contributed by atoms with Gasteiger partial charge in [0.25, 0.3) is 0 Å². The first kappa shape index (κ1) is 29.2. The molecule has 0 fully saturated rings. The van der Waals surface area contributed by atoms with Gasteiger partial charge in [-0.05, 0) is 12.1 Å². The molecule has 0 aromatic heterocycles. The Morgan fingerprint density at radius 1 is 1.06 bits per heavy atom. The molecule has 0 unspecified atom stereocenters. The number of hydrogen-bond acceptors (Lipinski definition) is 5. The molecule has 33 heavy (non-hydrogen) atoms. The van der Waals surface area contributed by atoms with Crippen molar-refractivity contribution in [3.05, 3.63) is 48.1 Å².